The molecule has 0 aromatic carbocycles. The van der Waals surface area contributed by atoms with Crippen LogP contribution in [0.15, 0.2) is 23.9 Å². The first kappa shape index (κ1) is 24.9. The molecular formula is C22H46OSi2. The molecule has 0 aliphatic carbocycles. The lowest BCUT2D eigenvalue weighted by Gasteiger charge is -2.36. The van der Waals surface area contributed by atoms with Crippen molar-refractivity contribution >= 4 is 16.4 Å². The van der Waals surface area contributed by atoms with Gasteiger partial charge < -0.3 is 4.43 Å². The Kier molecular flexibility index (Phi) is 11.5. The van der Waals surface area contributed by atoms with E-state index in [9.17, 15) is 0 Å². The van der Waals surface area contributed by atoms with Crippen LogP contribution in [-0.4, -0.2) is 22.0 Å². The SMILES string of the molecule is C=CC/C(=C\C(C)(C)O[Si](C)(C)C)[Si](C)(CCCCC)CCCCC. The molecule has 25 heavy (non-hydrogen) atoms. The molecule has 0 heterocycles. The van der Waals surface area contributed by atoms with Crippen molar-refractivity contribution in [3.05, 3.63) is 23.9 Å². The monoisotopic (exact) mass is 382 g/mol. The Morgan fingerprint density at radius 2 is 1.40 bits per heavy atom. The Morgan fingerprint density at radius 3 is 1.76 bits per heavy atom. The molecule has 0 aromatic rings. The highest BCUT2D eigenvalue weighted by molar-refractivity contribution is 6.85. The predicted octanol–water partition coefficient (Wildman–Crippen LogP) is 8.12. The van der Waals surface area contributed by atoms with Crippen LogP contribution in [0.1, 0.15) is 72.6 Å². The molecule has 0 fully saturated rings. The summed E-state index contributed by atoms with van der Waals surface area (Å²) in [5, 5.41) is 1.68. The van der Waals surface area contributed by atoms with Gasteiger partial charge in [0, 0.05) is 0 Å². The van der Waals surface area contributed by atoms with E-state index in [2.05, 4.69) is 72.6 Å². The molecule has 3 heteroatoms. The molecule has 0 rings (SSSR count). The molecule has 0 spiro atoms. The maximum atomic E-state index is 6.50. The fourth-order valence-electron chi connectivity index (χ4n) is 3.85. The van der Waals surface area contributed by atoms with E-state index >= 15 is 0 Å². The van der Waals surface area contributed by atoms with Crippen LogP contribution >= 0.6 is 0 Å². The molecule has 1 nitrogen and oxygen atoms in total. The van der Waals surface area contributed by atoms with Crippen molar-refractivity contribution in [1.29, 1.82) is 0 Å². The lowest BCUT2D eigenvalue weighted by Crippen LogP contribution is -2.40. The smallest absolute Gasteiger partial charge is 0.184 e. The van der Waals surface area contributed by atoms with Crippen LogP contribution in [0.3, 0.4) is 0 Å². The largest absolute Gasteiger partial charge is 0.409 e. The molecule has 0 aliphatic rings. The number of unbranched alkanes of at least 4 members (excludes halogenated alkanes) is 4. The number of allylic oxidation sites excluding steroid dienone is 2. The molecule has 0 saturated heterocycles. The van der Waals surface area contributed by atoms with Gasteiger partial charge in [0.2, 0.25) is 0 Å². The van der Waals surface area contributed by atoms with Gasteiger partial charge in [0.05, 0.1) is 13.7 Å². The van der Waals surface area contributed by atoms with Gasteiger partial charge >= 0.3 is 0 Å². The Bertz CT molecular complexity index is 395. The average Bonchev–Trinajstić information content (AvgIpc) is 2.44. The van der Waals surface area contributed by atoms with Gasteiger partial charge in [-0.2, -0.15) is 0 Å². The minimum atomic E-state index is -1.56. The van der Waals surface area contributed by atoms with E-state index in [1.165, 1.54) is 50.6 Å². The van der Waals surface area contributed by atoms with Gasteiger partial charge in [-0.1, -0.05) is 88.4 Å². The van der Waals surface area contributed by atoms with E-state index in [1.54, 1.807) is 5.20 Å². The van der Waals surface area contributed by atoms with Crippen LogP contribution in [0, 0.1) is 0 Å². The van der Waals surface area contributed by atoms with Gasteiger partial charge in [0.15, 0.2) is 8.32 Å². The third-order valence-electron chi connectivity index (χ3n) is 4.89. The highest BCUT2D eigenvalue weighted by Crippen LogP contribution is 2.34. The summed E-state index contributed by atoms with van der Waals surface area (Å²) < 4.78 is 6.50. The lowest BCUT2D eigenvalue weighted by atomic mass is 10.1. The minimum absolute atomic E-state index is 0.160. The van der Waals surface area contributed by atoms with Crippen LogP contribution in [0.4, 0.5) is 0 Å². The number of hydrogen-bond acceptors (Lipinski definition) is 1. The molecule has 0 bridgehead atoms. The maximum Gasteiger partial charge on any atom is 0.184 e. The number of hydrogen-bond donors (Lipinski definition) is 0. The minimum Gasteiger partial charge on any atom is -0.409 e. The zero-order valence-electron chi connectivity index (χ0n) is 18.6. The Hall–Kier alpha value is -0.126. The second-order valence-corrected chi connectivity index (χ2v) is 18.6. The highest BCUT2D eigenvalue weighted by Gasteiger charge is 2.33. The van der Waals surface area contributed by atoms with Crippen molar-refractivity contribution in [2.75, 3.05) is 0 Å². The molecule has 0 N–H and O–H groups in total. The third-order valence-corrected chi connectivity index (χ3v) is 10.8. The Balaban J connectivity index is 5.55. The molecule has 0 radical (unpaired) electrons. The lowest BCUT2D eigenvalue weighted by molar-refractivity contribution is 0.153. The predicted molar refractivity (Wildman–Crippen MR) is 122 cm³/mol. The van der Waals surface area contributed by atoms with Crippen molar-refractivity contribution in [3.63, 3.8) is 0 Å². The van der Waals surface area contributed by atoms with E-state index in [-0.39, 0.29) is 5.60 Å². The van der Waals surface area contributed by atoms with Crippen LogP contribution in [0.5, 0.6) is 0 Å². The molecule has 0 unspecified atom stereocenters. The summed E-state index contributed by atoms with van der Waals surface area (Å²) in [4.78, 5) is 0. The van der Waals surface area contributed by atoms with Crippen LogP contribution < -0.4 is 0 Å². The quantitative estimate of drug-likeness (QED) is 0.167. The number of rotatable bonds is 14. The van der Waals surface area contributed by atoms with Crippen LogP contribution in [0.25, 0.3) is 0 Å². The third kappa shape index (κ3) is 11.2. The van der Waals surface area contributed by atoms with Crippen molar-refractivity contribution in [1.82, 2.24) is 0 Å². The van der Waals surface area contributed by atoms with E-state index in [4.69, 9.17) is 4.43 Å². The van der Waals surface area contributed by atoms with Gasteiger partial charge in [-0.05, 0) is 39.9 Å². The molecule has 0 aromatic heterocycles. The second-order valence-electron chi connectivity index (χ2n) is 9.46. The van der Waals surface area contributed by atoms with E-state index in [1.807, 2.05) is 0 Å². The summed E-state index contributed by atoms with van der Waals surface area (Å²) in [7, 11) is -2.99. The van der Waals surface area contributed by atoms with Crippen molar-refractivity contribution < 1.29 is 4.43 Å². The zero-order chi connectivity index (χ0) is 19.6. The molecule has 0 atom stereocenters. The van der Waals surface area contributed by atoms with Gasteiger partial charge in [0.1, 0.15) is 0 Å². The molecule has 0 saturated carbocycles. The van der Waals surface area contributed by atoms with Crippen molar-refractivity contribution in [2.24, 2.45) is 0 Å². The van der Waals surface area contributed by atoms with Crippen LogP contribution in [-0.2, 0) is 4.43 Å². The highest BCUT2D eigenvalue weighted by atomic mass is 28.4. The summed E-state index contributed by atoms with van der Waals surface area (Å²) in [5.41, 5.74) is -0.160. The molecular weight excluding hydrogens is 336 g/mol. The van der Waals surface area contributed by atoms with Gasteiger partial charge in [-0.15, -0.1) is 6.58 Å². The van der Waals surface area contributed by atoms with Gasteiger partial charge in [0.25, 0.3) is 0 Å². The fourth-order valence-corrected chi connectivity index (χ4v) is 9.77. The topological polar surface area (TPSA) is 9.23 Å². The van der Waals surface area contributed by atoms with E-state index in [0.29, 0.717) is 0 Å². The molecule has 0 amide bonds. The summed E-state index contributed by atoms with van der Waals surface area (Å²) >= 11 is 0. The summed E-state index contributed by atoms with van der Waals surface area (Å²) in [5.74, 6) is 0. The maximum absolute atomic E-state index is 6.50. The van der Waals surface area contributed by atoms with E-state index < -0.39 is 16.4 Å². The first-order valence-electron chi connectivity index (χ1n) is 10.5. The Labute approximate surface area is 161 Å². The fraction of sp³-hybridized carbons (Fsp3) is 0.818. The first-order chi connectivity index (χ1) is 11.5. The summed E-state index contributed by atoms with van der Waals surface area (Å²) in [6, 6.07) is 2.85. The average molecular weight is 383 g/mol. The van der Waals surface area contributed by atoms with E-state index in [0.717, 1.165) is 6.42 Å². The second kappa shape index (κ2) is 11.6. The standard InChI is InChI=1S/C22H46OSi2/c1-10-13-15-18-25(9,19-16-14-11-2)21(17-12-3)20-22(4,5)23-24(6,7)8/h12,20H,3,10-11,13-19H2,1-2,4-9H3/b21-20+. The van der Waals surface area contributed by atoms with Gasteiger partial charge in [-0.25, -0.2) is 0 Å². The van der Waals surface area contributed by atoms with Crippen LogP contribution in [0.2, 0.25) is 38.3 Å². The summed E-state index contributed by atoms with van der Waals surface area (Å²) in [6.45, 7) is 22.7. The molecule has 148 valence electrons. The zero-order valence-corrected chi connectivity index (χ0v) is 20.6. The Morgan fingerprint density at radius 1 is 0.920 bits per heavy atom. The summed E-state index contributed by atoms with van der Waals surface area (Å²) in [6.07, 6.45) is 13.8. The first-order valence-corrected chi connectivity index (χ1v) is 16.8. The molecule has 0 aliphatic heterocycles. The van der Waals surface area contributed by atoms with Crippen molar-refractivity contribution in [2.45, 2.75) is 117 Å². The van der Waals surface area contributed by atoms with Gasteiger partial charge in [-0.3, -0.25) is 0 Å². The van der Waals surface area contributed by atoms with Crippen molar-refractivity contribution in [3.8, 4) is 0 Å². The normalized spacial score (nSPS) is 14.0.